The molecule has 0 saturated carbocycles. The molecular formula is C23H41K2NO5. The third kappa shape index (κ3) is 27.8. The van der Waals surface area contributed by atoms with Gasteiger partial charge in [-0.2, -0.15) is 0 Å². The zero-order chi connectivity index (χ0) is 21.7. The number of carbonyl (C=O) groups excluding carboxylic acids is 3. The first-order valence-electron chi connectivity index (χ1n) is 11.7. The molecule has 1 atom stereocenters. The molecule has 0 bridgehead atoms. The maximum absolute atomic E-state index is 11.8. The van der Waals surface area contributed by atoms with E-state index in [0.717, 1.165) is 12.8 Å². The Bertz CT molecular complexity index is 450. The minimum absolute atomic E-state index is 0. The van der Waals surface area contributed by atoms with Crippen LogP contribution in [-0.2, 0) is 14.4 Å². The molecule has 31 heavy (non-hydrogen) atoms. The van der Waals surface area contributed by atoms with Crippen molar-refractivity contribution in [3.63, 3.8) is 0 Å². The molecule has 0 radical (unpaired) electrons. The second kappa shape index (κ2) is 27.9. The van der Waals surface area contributed by atoms with Crippen molar-refractivity contribution in [3.05, 3.63) is 0 Å². The molecular weight excluding hydrogens is 448 g/mol. The Kier molecular flexibility index (Phi) is 33.5. The predicted octanol–water partition coefficient (Wildman–Crippen LogP) is -2.98. The van der Waals surface area contributed by atoms with E-state index in [2.05, 4.69) is 12.2 Å². The Hall–Kier alpha value is 1.68. The van der Waals surface area contributed by atoms with Crippen LogP contribution in [0.5, 0.6) is 0 Å². The first-order chi connectivity index (χ1) is 14.0. The smallest absolute Gasteiger partial charge is 0.550 e. The monoisotopic (exact) mass is 489 g/mol. The van der Waals surface area contributed by atoms with Crippen LogP contribution in [0.2, 0.25) is 0 Å². The van der Waals surface area contributed by atoms with Gasteiger partial charge in [0.1, 0.15) is 0 Å². The van der Waals surface area contributed by atoms with E-state index in [-0.39, 0.29) is 122 Å². The zero-order valence-electron chi connectivity index (χ0n) is 20.3. The van der Waals surface area contributed by atoms with Gasteiger partial charge in [-0.1, -0.05) is 96.8 Å². The molecule has 0 spiro atoms. The molecule has 0 rings (SSSR count). The van der Waals surface area contributed by atoms with Crippen molar-refractivity contribution in [2.24, 2.45) is 0 Å². The first kappa shape index (κ1) is 37.2. The Morgan fingerprint density at radius 1 is 0.645 bits per heavy atom. The molecule has 1 N–H and O–H groups in total. The number of rotatable bonds is 21. The summed E-state index contributed by atoms with van der Waals surface area (Å²) in [4.78, 5) is 33.1. The van der Waals surface area contributed by atoms with E-state index in [4.69, 9.17) is 0 Å². The van der Waals surface area contributed by atoms with Gasteiger partial charge in [0.2, 0.25) is 5.91 Å². The van der Waals surface area contributed by atoms with E-state index in [1.807, 2.05) is 0 Å². The molecule has 170 valence electrons. The van der Waals surface area contributed by atoms with Crippen LogP contribution < -0.4 is 118 Å². The minimum atomic E-state index is -1.46. The third-order valence-electron chi connectivity index (χ3n) is 5.26. The average Bonchev–Trinajstić information content (AvgIpc) is 2.67. The largest absolute Gasteiger partial charge is 1.00 e. The quantitative estimate of drug-likeness (QED) is 0.137. The summed E-state index contributed by atoms with van der Waals surface area (Å²) in [5, 5.41) is 23.7. The Morgan fingerprint density at radius 2 is 1.03 bits per heavy atom. The van der Waals surface area contributed by atoms with Gasteiger partial charge in [0.15, 0.2) is 0 Å². The normalized spacial score (nSPS) is 11.1. The zero-order valence-corrected chi connectivity index (χ0v) is 26.6. The van der Waals surface area contributed by atoms with Crippen molar-refractivity contribution in [1.29, 1.82) is 0 Å². The number of carbonyl (C=O) groups is 3. The summed E-state index contributed by atoms with van der Waals surface area (Å²) in [6.07, 6.45) is 18.3. The summed E-state index contributed by atoms with van der Waals surface area (Å²) in [5.74, 6) is -3.17. The van der Waals surface area contributed by atoms with Crippen LogP contribution in [0.1, 0.15) is 122 Å². The molecule has 0 aromatic carbocycles. The molecule has 0 unspecified atom stereocenters. The van der Waals surface area contributed by atoms with Crippen LogP contribution >= 0.6 is 0 Å². The summed E-state index contributed by atoms with van der Waals surface area (Å²) >= 11 is 0. The molecule has 0 aliphatic rings. The van der Waals surface area contributed by atoms with Gasteiger partial charge in [-0.25, -0.2) is 0 Å². The Balaban J connectivity index is -0.00000392. The van der Waals surface area contributed by atoms with Gasteiger partial charge in [0.25, 0.3) is 0 Å². The second-order valence-corrected chi connectivity index (χ2v) is 8.05. The molecule has 0 heterocycles. The van der Waals surface area contributed by atoms with Crippen molar-refractivity contribution in [2.45, 2.75) is 129 Å². The van der Waals surface area contributed by atoms with E-state index in [0.29, 0.717) is 6.42 Å². The molecule has 1 amide bonds. The van der Waals surface area contributed by atoms with Gasteiger partial charge in [-0.3, -0.25) is 4.79 Å². The van der Waals surface area contributed by atoms with Crippen LogP contribution in [0.4, 0.5) is 0 Å². The first-order valence-corrected chi connectivity index (χ1v) is 11.7. The van der Waals surface area contributed by atoms with E-state index in [1.165, 1.54) is 77.0 Å². The maximum atomic E-state index is 11.8. The van der Waals surface area contributed by atoms with E-state index >= 15 is 0 Å². The number of carboxylic acid groups (broad SMARTS) is 2. The van der Waals surface area contributed by atoms with E-state index in [1.54, 1.807) is 0 Å². The van der Waals surface area contributed by atoms with Crippen molar-refractivity contribution in [2.75, 3.05) is 0 Å². The standard InChI is InChI=1S/C23H43NO5.2K/c1-2-3-4-5-6-7-8-9-10-11-12-13-14-15-16-17-21(25)24-20(23(28)29)18-19-22(26)27;;/h20H,2-19H2,1H3,(H,24,25)(H,26,27)(H,28,29);;/q;2*+1/p-2/t20-;;/m1../s1. The fraction of sp³-hybridized carbons (Fsp3) is 0.870. The molecule has 0 aromatic heterocycles. The van der Waals surface area contributed by atoms with Crippen LogP contribution in [0.25, 0.3) is 0 Å². The van der Waals surface area contributed by atoms with E-state index in [9.17, 15) is 24.6 Å². The number of hydrogen-bond donors (Lipinski definition) is 1. The fourth-order valence-corrected chi connectivity index (χ4v) is 3.43. The molecule has 0 fully saturated rings. The van der Waals surface area contributed by atoms with E-state index < -0.39 is 24.4 Å². The van der Waals surface area contributed by atoms with Gasteiger partial charge < -0.3 is 25.1 Å². The summed E-state index contributed by atoms with van der Waals surface area (Å²) in [5.41, 5.74) is 0. The summed E-state index contributed by atoms with van der Waals surface area (Å²) in [7, 11) is 0. The van der Waals surface area contributed by atoms with Crippen molar-refractivity contribution in [3.8, 4) is 0 Å². The number of amides is 1. The van der Waals surface area contributed by atoms with Gasteiger partial charge >= 0.3 is 103 Å². The van der Waals surface area contributed by atoms with Crippen LogP contribution in [-0.4, -0.2) is 23.9 Å². The van der Waals surface area contributed by atoms with Crippen molar-refractivity contribution < 1.29 is 127 Å². The summed E-state index contributed by atoms with van der Waals surface area (Å²) in [6.45, 7) is 2.25. The number of aliphatic carboxylic acids is 2. The molecule has 6 nitrogen and oxygen atoms in total. The summed E-state index contributed by atoms with van der Waals surface area (Å²) < 4.78 is 0. The number of carboxylic acids is 2. The average molecular weight is 490 g/mol. The topological polar surface area (TPSA) is 109 Å². The fourth-order valence-electron chi connectivity index (χ4n) is 3.43. The molecule has 0 aliphatic carbocycles. The van der Waals surface area contributed by atoms with Crippen LogP contribution in [0.15, 0.2) is 0 Å². The van der Waals surface area contributed by atoms with Gasteiger partial charge in [0.05, 0.1) is 12.0 Å². The predicted molar refractivity (Wildman–Crippen MR) is 111 cm³/mol. The molecule has 0 aliphatic heterocycles. The SMILES string of the molecule is CCCCCCCCCCCCCCCCCC(=O)N[C@H](CCC(=O)[O-])C(=O)[O-].[K+].[K+]. The number of hydrogen-bond acceptors (Lipinski definition) is 5. The summed E-state index contributed by atoms with van der Waals surface area (Å²) in [6, 6.07) is -1.27. The Labute approximate surface area is 274 Å². The van der Waals surface area contributed by atoms with Gasteiger partial charge in [-0.05, 0) is 19.3 Å². The Morgan fingerprint density at radius 3 is 1.39 bits per heavy atom. The van der Waals surface area contributed by atoms with Crippen LogP contribution in [0.3, 0.4) is 0 Å². The number of nitrogens with one attached hydrogen (secondary N) is 1. The van der Waals surface area contributed by atoms with Crippen LogP contribution in [0, 0.1) is 0 Å². The second-order valence-electron chi connectivity index (χ2n) is 8.05. The van der Waals surface area contributed by atoms with Crippen molar-refractivity contribution in [1.82, 2.24) is 5.32 Å². The van der Waals surface area contributed by atoms with Crippen molar-refractivity contribution >= 4 is 17.8 Å². The van der Waals surface area contributed by atoms with Gasteiger partial charge in [-0.15, -0.1) is 0 Å². The molecule has 0 aromatic rings. The molecule has 0 saturated heterocycles. The van der Waals surface area contributed by atoms with Gasteiger partial charge in [0, 0.05) is 12.4 Å². The minimum Gasteiger partial charge on any atom is -0.550 e. The maximum Gasteiger partial charge on any atom is 1.00 e. The third-order valence-corrected chi connectivity index (χ3v) is 5.26. The number of unbranched alkanes of at least 4 members (excludes halogenated alkanes) is 14. The molecule has 8 heteroatoms.